The van der Waals surface area contributed by atoms with E-state index in [9.17, 15) is 33.9 Å². The average molecular weight is 694 g/mol. The van der Waals surface area contributed by atoms with Crippen LogP contribution in [0.2, 0.25) is 0 Å². The molecular weight excluding hydrogens is 634 g/mol. The van der Waals surface area contributed by atoms with Crippen molar-refractivity contribution in [2.75, 3.05) is 25.1 Å². The van der Waals surface area contributed by atoms with Crippen LogP contribution in [0.15, 0.2) is 24.3 Å². The first-order chi connectivity index (χ1) is 22.9. The topological polar surface area (TPSA) is 183 Å². The monoisotopic (exact) mass is 693 g/mol. The standard InChI is InChI=1S/C32H51N5O7S.C3H8/c1-5-25(38)10-6-7-12-28(39)33-18-9-8-11-27(32(43)44)36-29(40)21-35-31(42)26(17-19-45-4)37-30(41)24-15-13-23(14-16-24)20-34-22(2)3;1-3-2/h13-16,22,26-27,34H,5-12,17-21H2,1-4H3,(H,33,39)(H,35,42)(H,36,40)(H,37,41)(H,43,44);3H2,1-2H3. The molecule has 0 bridgehead atoms. The van der Waals surface area contributed by atoms with Crippen molar-refractivity contribution < 1.29 is 33.9 Å². The van der Waals surface area contributed by atoms with Crippen molar-refractivity contribution >= 4 is 47.1 Å². The highest BCUT2D eigenvalue weighted by Gasteiger charge is 2.23. The number of carbonyl (C=O) groups excluding carboxylic acids is 5. The summed E-state index contributed by atoms with van der Waals surface area (Å²) in [6.45, 7) is 10.8. The van der Waals surface area contributed by atoms with Crippen molar-refractivity contribution in [1.29, 1.82) is 0 Å². The second-order valence-corrected chi connectivity index (χ2v) is 12.9. The van der Waals surface area contributed by atoms with Gasteiger partial charge >= 0.3 is 5.97 Å². The maximum absolute atomic E-state index is 12.9. The fraction of sp³-hybridized carbons (Fsp3) is 0.657. The molecule has 272 valence electrons. The van der Waals surface area contributed by atoms with Crippen LogP contribution in [-0.2, 0) is 30.5 Å². The molecule has 12 nitrogen and oxygen atoms in total. The van der Waals surface area contributed by atoms with Crippen molar-refractivity contribution in [3.63, 3.8) is 0 Å². The molecule has 6 N–H and O–H groups in total. The van der Waals surface area contributed by atoms with Crippen LogP contribution in [0.4, 0.5) is 0 Å². The van der Waals surface area contributed by atoms with Crippen LogP contribution < -0.4 is 26.6 Å². The first-order valence-corrected chi connectivity index (χ1v) is 18.5. The molecule has 0 saturated heterocycles. The van der Waals surface area contributed by atoms with Crippen molar-refractivity contribution in [3.8, 4) is 0 Å². The molecule has 0 radical (unpaired) electrons. The van der Waals surface area contributed by atoms with E-state index in [0.29, 0.717) is 81.8 Å². The molecule has 1 rings (SSSR count). The highest BCUT2D eigenvalue weighted by atomic mass is 32.2. The summed E-state index contributed by atoms with van der Waals surface area (Å²) < 4.78 is 0. The molecular formula is C35H59N5O7S. The first-order valence-electron chi connectivity index (χ1n) is 17.1. The number of Topliss-reactive ketones (excluding diaryl/α,β-unsaturated/α-hetero) is 1. The van der Waals surface area contributed by atoms with E-state index in [-0.39, 0.29) is 18.1 Å². The molecule has 1 aromatic rings. The van der Waals surface area contributed by atoms with Gasteiger partial charge in [-0.25, -0.2) is 4.79 Å². The van der Waals surface area contributed by atoms with Crippen LogP contribution in [0, 0.1) is 0 Å². The van der Waals surface area contributed by atoms with Gasteiger partial charge in [-0.05, 0) is 68.2 Å². The summed E-state index contributed by atoms with van der Waals surface area (Å²) in [7, 11) is 0. The van der Waals surface area contributed by atoms with Gasteiger partial charge in [-0.1, -0.05) is 53.2 Å². The molecule has 4 amide bonds. The second-order valence-electron chi connectivity index (χ2n) is 11.9. The Bertz CT molecular complexity index is 1120. The summed E-state index contributed by atoms with van der Waals surface area (Å²) in [6, 6.07) is 5.41. The third-order valence-electron chi connectivity index (χ3n) is 6.97. The Hall–Kier alpha value is -3.45. The van der Waals surface area contributed by atoms with Gasteiger partial charge < -0.3 is 31.7 Å². The van der Waals surface area contributed by atoms with Crippen LogP contribution in [0.3, 0.4) is 0 Å². The Labute approximate surface area is 291 Å². The number of aliphatic carboxylic acids is 1. The Morgan fingerprint density at radius 1 is 0.792 bits per heavy atom. The molecule has 2 atom stereocenters. The number of carboxylic acid groups (broad SMARTS) is 1. The molecule has 0 aromatic heterocycles. The van der Waals surface area contributed by atoms with Crippen LogP contribution in [0.1, 0.15) is 115 Å². The predicted molar refractivity (Wildman–Crippen MR) is 192 cm³/mol. The van der Waals surface area contributed by atoms with E-state index in [1.165, 1.54) is 18.2 Å². The number of benzene rings is 1. The molecule has 0 aliphatic carbocycles. The average Bonchev–Trinajstić information content (AvgIpc) is 3.05. The molecule has 0 aliphatic heterocycles. The molecule has 0 aliphatic rings. The zero-order valence-corrected chi connectivity index (χ0v) is 30.6. The van der Waals surface area contributed by atoms with Crippen molar-refractivity contribution in [2.24, 2.45) is 0 Å². The number of carbonyl (C=O) groups is 6. The van der Waals surface area contributed by atoms with E-state index in [1.54, 1.807) is 12.1 Å². The summed E-state index contributed by atoms with van der Waals surface area (Å²) in [5.74, 6) is -2.13. The lowest BCUT2D eigenvalue weighted by atomic mass is 10.1. The van der Waals surface area contributed by atoms with Crippen LogP contribution in [0.25, 0.3) is 0 Å². The van der Waals surface area contributed by atoms with Crippen LogP contribution in [-0.4, -0.2) is 83.7 Å². The molecule has 1 aromatic carbocycles. The Morgan fingerprint density at radius 3 is 2.02 bits per heavy atom. The number of rotatable bonds is 24. The van der Waals surface area contributed by atoms with Gasteiger partial charge in [0, 0.05) is 44.0 Å². The Morgan fingerprint density at radius 2 is 1.44 bits per heavy atom. The smallest absolute Gasteiger partial charge is 0.326 e. The Balaban J connectivity index is 0.00000707. The van der Waals surface area contributed by atoms with Gasteiger partial charge in [-0.15, -0.1) is 0 Å². The molecule has 2 unspecified atom stereocenters. The highest BCUT2D eigenvalue weighted by Crippen LogP contribution is 2.08. The summed E-state index contributed by atoms with van der Waals surface area (Å²) in [5, 5.41) is 23.3. The number of nitrogens with one attached hydrogen (secondary N) is 5. The van der Waals surface area contributed by atoms with Crippen molar-refractivity contribution in [1.82, 2.24) is 26.6 Å². The predicted octanol–water partition coefficient (Wildman–Crippen LogP) is 3.96. The third kappa shape index (κ3) is 22.2. The third-order valence-corrected chi connectivity index (χ3v) is 7.61. The largest absolute Gasteiger partial charge is 0.480 e. The number of hydrogen-bond acceptors (Lipinski definition) is 8. The summed E-state index contributed by atoms with van der Waals surface area (Å²) >= 11 is 1.52. The molecule has 13 heteroatoms. The number of hydrogen-bond donors (Lipinski definition) is 6. The van der Waals surface area contributed by atoms with E-state index < -0.39 is 42.3 Å². The minimum Gasteiger partial charge on any atom is -0.480 e. The zero-order valence-electron chi connectivity index (χ0n) is 29.7. The van der Waals surface area contributed by atoms with E-state index >= 15 is 0 Å². The number of thioether (sulfide) groups is 1. The Kier molecular flexibility index (Phi) is 25.5. The molecule has 0 spiro atoms. The van der Waals surface area contributed by atoms with Crippen molar-refractivity contribution in [2.45, 2.75) is 123 Å². The lowest BCUT2D eigenvalue weighted by molar-refractivity contribution is -0.142. The minimum absolute atomic E-state index is 0.114. The van der Waals surface area contributed by atoms with Gasteiger partial charge in [-0.3, -0.25) is 24.0 Å². The molecule has 0 heterocycles. The van der Waals surface area contributed by atoms with Gasteiger partial charge in [0.05, 0.1) is 6.54 Å². The summed E-state index contributed by atoms with van der Waals surface area (Å²) in [6.07, 6.45) is 7.26. The maximum Gasteiger partial charge on any atom is 0.326 e. The second kappa shape index (κ2) is 27.5. The van der Waals surface area contributed by atoms with Crippen molar-refractivity contribution in [3.05, 3.63) is 35.4 Å². The highest BCUT2D eigenvalue weighted by molar-refractivity contribution is 7.98. The van der Waals surface area contributed by atoms with Gasteiger partial charge in [0.2, 0.25) is 17.7 Å². The number of amides is 4. The lowest BCUT2D eigenvalue weighted by Crippen LogP contribution is -2.51. The SMILES string of the molecule is CCC.CCC(=O)CCCCC(=O)NCCCCC(NC(=O)CNC(=O)C(CCSC)NC(=O)c1ccc(CNC(C)C)cc1)C(=O)O. The molecule has 0 saturated carbocycles. The van der Waals surface area contributed by atoms with E-state index in [0.717, 1.165) is 5.56 Å². The zero-order chi connectivity index (χ0) is 36.3. The van der Waals surface area contributed by atoms with Gasteiger partial charge in [-0.2, -0.15) is 11.8 Å². The van der Waals surface area contributed by atoms with Crippen LogP contribution >= 0.6 is 11.8 Å². The van der Waals surface area contributed by atoms with Crippen LogP contribution in [0.5, 0.6) is 0 Å². The molecule has 0 fully saturated rings. The van der Waals surface area contributed by atoms with E-state index in [4.69, 9.17) is 0 Å². The fourth-order valence-corrected chi connectivity index (χ4v) is 4.68. The maximum atomic E-state index is 12.9. The fourth-order valence-electron chi connectivity index (χ4n) is 4.21. The normalized spacial score (nSPS) is 11.8. The van der Waals surface area contributed by atoms with E-state index in [1.807, 2.05) is 39.2 Å². The number of unbranched alkanes of at least 4 members (excludes halogenated alkanes) is 2. The van der Waals surface area contributed by atoms with Gasteiger partial charge in [0.25, 0.3) is 5.91 Å². The van der Waals surface area contributed by atoms with Gasteiger partial charge in [0.15, 0.2) is 0 Å². The number of carboxylic acids is 1. The quantitative estimate of drug-likeness (QED) is 0.0873. The number of ketones is 1. The first kappa shape index (κ1) is 44.5. The summed E-state index contributed by atoms with van der Waals surface area (Å²) in [4.78, 5) is 73.1. The lowest BCUT2D eigenvalue weighted by Gasteiger charge is -2.19. The minimum atomic E-state index is -1.20. The van der Waals surface area contributed by atoms with Gasteiger partial charge in [0.1, 0.15) is 17.9 Å². The summed E-state index contributed by atoms with van der Waals surface area (Å²) in [5.41, 5.74) is 1.44. The molecule has 48 heavy (non-hydrogen) atoms. The van der Waals surface area contributed by atoms with E-state index in [2.05, 4.69) is 40.4 Å².